The van der Waals surface area contributed by atoms with E-state index in [9.17, 15) is 4.79 Å². The summed E-state index contributed by atoms with van der Waals surface area (Å²) in [4.78, 5) is 17.7. The number of fused-ring (bicyclic) bond motifs is 1. The van der Waals surface area contributed by atoms with Crippen LogP contribution >= 0.6 is 12.4 Å². The number of Topliss-reactive ketones (excluding diaryl/α,β-unsaturated/α-hetero) is 1. The van der Waals surface area contributed by atoms with Crippen molar-refractivity contribution in [3.8, 4) is 11.3 Å². The van der Waals surface area contributed by atoms with Crippen LogP contribution in [-0.4, -0.2) is 43.3 Å². The molecular weight excluding hydrogens is 340 g/mol. The third-order valence-corrected chi connectivity index (χ3v) is 4.84. The number of rotatable bonds is 4. The van der Waals surface area contributed by atoms with Gasteiger partial charge in [-0.15, -0.1) is 12.4 Å². The number of nitrogens with zero attached hydrogens (tertiary/aromatic N) is 5. The van der Waals surface area contributed by atoms with Gasteiger partial charge in [0.15, 0.2) is 5.78 Å². The monoisotopic (exact) mass is 360 g/mol. The lowest BCUT2D eigenvalue weighted by Crippen LogP contribution is -2.23. The predicted molar refractivity (Wildman–Crippen MR) is 97.0 cm³/mol. The molecule has 0 spiro atoms. The molecule has 0 amide bonds. The Morgan fingerprint density at radius 1 is 1.28 bits per heavy atom. The Labute approximate surface area is 151 Å². The van der Waals surface area contributed by atoms with Crippen molar-refractivity contribution in [1.82, 2.24) is 29.7 Å². The fourth-order valence-corrected chi connectivity index (χ4v) is 3.48. The molecule has 1 aliphatic carbocycles. The fraction of sp³-hybridized carbons (Fsp3) is 0.412. The molecule has 0 aliphatic heterocycles. The van der Waals surface area contributed by atoms with E-state index in [-0.39, 0.29) is 24.1 Å². The number of hydrogen-bond donors (Lipinski definition) is 1. The molecule has 0 radical (unpaired) electrons. The Bertz CT molecular complexity index is 902. The maximum atomic E-state index is 13.1. The van der Waals surface area contributed by atoms with Crippen LogP contribution in [0.3, 0.4) is 0 Å². The molecule has 25 heavy (non-hydrogen) atoms. The summed E-state index contributed by atoms with van der Waals surface area (Å²) >= 11 is 0. The molecule has 2 unspecified atom stereocenters. The van der Waals surface area contributed by atoms with E-state index < -0.39 is 0 Å². The topological polar surface area (TPSA) is 77.1 Å². The molecule has 8 heteroatoms. The molecule has 0 saturated heterocycles. The summed E-state index contributed by atoms with van der Waals surface area (Å²) in [5.74, 6) is 0.141. The van der Waals surface area contributed by atoms with E-state index in [0.29, 0.717) is 17.4 Å². The number of hydrogen-bond acceptors (Lipinski definition) is 5. The number of ketones is 1. The molecule has 3 heterocycles. The van der Waals surface area contributed by atoms with E-state index in [0.717, 1.165) is 30.3 Å². The summed E-state index contributed by atoms with van der Waals surface area (Å²) < 4.78 is 3.45. The third-order valence-electron chi connectivity index (χ3n) is 4.84. The van der Waals surface area contributed by atoms with Gasteiger partial charge in [0.05, 0.1) is 29.8 Å². The second kappa shape index (κ2) is 6.93. The van der Waals surface area contributed by atoms with E-state index in [2.05, 4.69) is 20.5 Å². The van der Waals surface area contributed by atoms with Crippen LogP contribution in [0.2, 0.25) is 0 Å². The fourth-order valence-electron chi connectivity index (χ4n) is 3.48. The lowest BCUT2D eigenvalue weighted by Gasteiger charge is -2.11. The standard InChI is InChI=1S/C17H20N6O.ClH/c1-18-13-4-3-11(7-13)17(24)16-15-5-6-19-23(15)10-14(21-16)12-8-20-22(2)9-12;/h5-6,8-11,13,18H,3-4,7H2,1-2H3;1H. The number of aryl methyl sites for hydroxylation is 1. The Balaban J connectivity index is 0.00000182. The second-order valence-electron chi connectivity index (χ2n) is 6.40. The molecule has 1 saturated carbocycles. The number of halogens is 1. The molecule has 1 aliphatic rings. The van der Waals surface area contributed by atoms with Crippen LogP contribution in [0.1, 0.15) is 29.8 Å². The van der Waals surface area contributed by atoms with Crippen molar-refractivity contribution in [2.75, 3.05) is 7.05 Å². The highest BCUT2D eigenvalue weighted by Gasteiger charge is 2.31. The molecule has 132 valence electrons. The van der Waals surface area contributed by atoms with Gasteiger partial charge in [0.2, 0.25) is 0 Å². The summed E-state index contributed by atoms with van der Waals surface area (Å²) in [5, 5.41) is 11.8. The van der Waals surface area contributed by atoms with Crippen molar-refractivity contribution in [1.29, 1.82) is 0 Å². The Kier molecular flexibility index (Phi) is 4.87. The largest absolute Gasteiger partial charge is 0.317 e. The second-order valence-corrected chi connectivity index (χ2v) is 6.40. The third kappa shape index (κ3) is 3.17. The highest BCUT2D eigenvalue weighted by molar-refractivity contribution is 6.02. The van der Waals surface area contributed by atoms with Gasteiger partial charge in [0.1, 0.15) is 5.69 Å². The highest BCUT2D eigenvalue weighted by atomic mass is 35.5. The molecule has 0 aromatic carbocycles. The number of carbonyl (C=O) groups is 1. The van der Waals surface area contributed by atoms with Crippen LogP contribution < -0.4 is 5.32 Å². The normalized spacial score (nSPS) is 19.9. The smallest absolute Gasteiger partial charge is 0.186 e. The average Bonchev–Trinajstić information content (AvgIpc) is 3.32. The van der Waals surface area contributed by atoms with Gasteiger partial charge < -0.3 is 5.32 Å². The zero-order valence-electron chi connectivity index (χ0n) is 14.2. The summed E-state index contributed by atoms with van der Waals surface area (Å²) in [6, 6.07) is 2.26. The Morgan fingerprint density at radius 2 is 2.12 bits per heavy atom. The van der Waals surface area contributed by atoms with Crippen LogP contribution in [0.5, 0.6) is 0 Å². The van der Waals surface area contributed by atoms with Crippen LogP contribution in [-0.2, 0) is 7.05 Å². The average molecular weight is 361 g/mol. The van der Waals surface area contributed by atoms with Gasteiger partial charge in [-0.2, -0.15) is 10.2 Å². The molecule has 1 N–H and O–H groups in total. The zero-order chi connectivity index (χ0) is 16.7. The molecule has 3 aromatic rings. The molecular formula is C17H21ClN6O. The summed E-state index contributed by atoms with van der Waals surface area (Å²) in [7, 11) is 3.81. The van der Waals surface area contributed by atoms with Crippen molar-refractivity contribution in [3.63, 3.8) is 0 Å². The molecule has 4 rings (SSSR count). The van der Waals surface area contributed by atoms with E-state index in [1.165, 1.54) is 0 Å². The quantitative estimate of drug-likeness (QED) is 0.721. The molecule has 2 atom stereocenters. The highest BCUT2D eigenvalue weighted by Crippen LogP contribution is 2.30. The van der Waals surface area contributed by atoms with Gasteiger partial charge in [-0.3, -0.25) is 9.48 Å². The first-order chi connectivity index (χ1) is 11.7. The van der Waals surface area contributed by atoms with Gasteiger partial charge in [-0.05, 0) is 32.4 Å². The minimum atomic E-state index is 0. The molecule has 1 fully saturated rings. The van der Waals surface area contributed by atoms with Gasteiger partial charge in [0.25, 0.3) is 0 Å². The minimum absolute atomic E-state index is 0. The maximum Gasteiger partial charge on any atom is 0.186 e. The zero-order valence-corrected chi connectivity index (χ0v) is 15.0. The lowest BCUT2D eigenvalue weighted by atomic mass is 9.98. The van der Waals surface area contributed by atoms with Crippen molar-refractivity contribution in [2.24, 2.45) is 13.0 Å². The van der Waals surface area contributed by atoms with Gasteiger partial charge >= 0.3 is 0 Å². The Morgan fingerprint density at radius 3 is 2.80 bits per heavy atom. The van der Waals surface area contributed by atoms with Gasteiger partial charge in [0, 0.05) is 30.8 Å². The summed E-state index contributed by atoms with van der Waals surface area (Å²) in [6.07, 6.45) is 9.99. The van der Waals surface area contributed by atoms with Gasteiger partial charge in [-0.1, -0.05) is 0 Å². The van der Waals surface area contributed by atoms with Crippen LogP contribution in [0.15, 0.2) is 30.9 Å². The number of carbonyl (C=O) groups excluding carboxylic acids is 1. The lowest BCUT2D eigenvalue weighted by molar-refractivity contribution is 0.0917. The van der Waals surface area contributed by atoms with E-state index in [1.54, 1.807) is 21.6 Å². The van der Waals surface area contributed by atoms with Crippen LogP contribution in [0.25, 0.3) is 16.8 Å². The first-order valence-electron chi connectivity index (χ1n) is 8.20. The first kappa shape index (κ1) is 17.6. The molecule has 3 aromatic heterocycles. The Hall–Kier alpha value is -2.25. The molecule has 0 bridgehead atoms. The van der Waals surface area contributed by atoms with Crippen LogP contribution in [0.4, 0.5) is 0 Å². The summed E-state index contributed by atoms with van der Waals surface area (Å²) in [5.41, 5.74) is 2.87. The van der Waals surface area contributed by atoms with Crippen LogP contribution in [0, 0.1) is 5.92 Å². The van der Waals surface area contributed by atoms with Gasteiger partial charge in [-0.25, -0.2) is 9.50 Å². The minimum Gasteiger partial charge on any atom is -0.317 e. The molecule has 7 nitrogen and oxygen atoms in total. The SMILES string of the molecule is CNC1CCC(C(=O)c2nc(-c3cnn(C)c3)cn3nccc23)C1.Cl. The number of aromatic nitrogens is 5. The van der Waals surface area contributed by atoms with E-state index >= 15 is 0 Å². The summed E-state index contributed by atoms with van der Waals surface area (Å²) in [6.45, 7) is 0. The van der Waals surface area contributed by atoms with E-state index in [4.69, 9.17) is 0 Å². The van der Waals surface area contributed by atoms with Crippen molar-refractivity contribution in [2.45, 2.75) is 25.3 Å². The van der Waals surface area contributed by atoms with Crippen molar-refractivity contribution in [3.05, 3.63) is 36.5 Å². The van der Waals surface area contributed by atoms with E-state index in [1.807, 2.05) is 32.6 Å². The van der Waals surface area contributed by atoms with Crippen molar-refractivity contribution < 1.29 is 4.79 Å². The van der Waals surface area contributed by atoms with Crippen molar-refractivity contribution >= 4 is 23.7 Å². The first-order valence-corrected chi connectivity index (χ1v) is 8.20. The maximum absolute atomic E-state index is 13.1. The predicted octanol–water partition coefficient (Wildman–Crippen LogP) is 2.12. The number of nitrogens with one attached hydrogen (secondary N) is 1.